The Hall–Kier alpha value is -1.87. The van der Waals surface area contributed by atoms with E-state index >= 15 is 0 Å². The van der Waals surface area contributed by atoms with Gasteiger partial charge in [-0.2, -0.15) is 0 Å². The topological polar surface area (TPSA) is 27.8 Å². The lowest BCUT2D eigenvalue weighted by atomic mass is 9.78. The lowest BCUT2D eigenvalue weighted by molar-refractivity contribution is 0.646. The van der Waals surface area contributed by atoms with Gasteiger partial charge in [-0.25, -0.2) is 0 Å². The first-order valence-electron chi connectivity index (χ1n) is 7.51. The Morgan fingerprint density at radius 1 is 1.05 bits per heavy atom. The molecule has 114 valence electrons. The minimum atomic E-state index is -0.0378. The number of benzene rings is 2. The number of anilines is 1. The lowest BCUT2D eigenvalue weighted by Crippen LogP contribution is -2.18. The minimum absolute atomic E-state index is 0.0378. The van der Waals surface area contributed by atoms with Crippen molar-refractivity contribution >= 4 is 28.5 Å². The van der Waals surface area contributed by atoms with Crippen LogP contribution in [-0.4, -0.2) is 11.2 Å². The van der Waals surface area contributed by atoms with Crippen LogP contribution in [-0.2, 0) is 5.41 Å². The van der Waals surface area contributed by atoms with Gasteiger partial charge in [0.15, 0.2) is 0 Å². The van der Waals surface area contributed by atoms with Crippen molar-refractivity contribution < 1.29 is 0 Å². The molecule has 0 spiro atoms. The molecule has 2 N–H and O–H groups in total. The van der Waals surface area contributed by atoms with Crippen LogP contribution >= 0.6 is 11.9 Å². The number of aromatic amines is 1. The molecule has 0 fully saturated rings. The molecule has 3 heteroatoms. The van der Waals surface area contributed by atoms with Gasteiger partial charge in [0.25, 0.3) is 0 Å². The highest BCUT2D eigenvalue weighted by Crippen LogP contribution is 2.38. The van der Waals surface area contributed by atoms with Crippen LogP contribution in [0.1, 0.15) is 30.5 Å². The van der Waals surface area contributed by atoms with Crippen molar-refractivity contribution in [3.05, 3.63) is 65.4 Å². The van der Waals surface area contributed by atoms with Crippen molar-refractivity contribution in [2.45, 2.75) is 26.2 Å². The summed E-state index contributed by atoms with van der Waals surface area (Å²) in [7, 11) is 0. The predicted molar refractivity (Wildman–Crippen MR) is 98.7 cm³/mol. The number of aromatic nitrogens is 1. The summed E-state index contributed by atoms with van der Waals surface area (Å²) >= 11 is 1.61. The van der Waals surface area contributed by atoms with Crippen LogP contribution < -0.4 is 4.72 Å². The molecule has 0 saturated carbocycles. The second kappa shape index (κ2) is 5.73. The van der Waals surface area contributed by atoms with Crippen LogP contribution in [0.15, 0.2) is 48.7 Å². The number of rotatable bonds is 4. The van der Waals surface area contributed by atoms with Crippen molar-refractivity contribution in [2.24, 2.45) is 0 Å². The summed E-state index contributed by atoms with van der Waals surface area (Å²) in [4.78, 5) is 3.45. The van der Waals surface area contributed by atoms with Crippen LogP contribution in [0.4, 0.5) is 5.69 Å². The number of H-pyrrole nitrogens is 1. The smallest absolute Gasteiger partial charge is 0.0701 e. The van der Waals surface area contributed by atoms with Gasteiger partial charge in [0.05, 0.1) is 11.2 Å². The number of hydrogen-bond acceptors (Lipinski definition) is 2. The largest absolute Gasteiger partial charge is 0.359 e. The molecule has 1 aromatic heterocycles. The van der Waals surface area contributed by atoms with Gasteiger partial charge in [0.1, 0.15) is 0 Å². The first-order valence-corrected chi connectivity index (χ1v) is 8.73. The molecule has 1 heterocycles. The van der Waals surface area contributed by atoms with Crippen molar-refractivity contribution in [1.29, 1.82) is 0 Å². The van der Waals surface area contributed by atoms with Crippen molar-refractivity contribution in [3.63, 3.8) is 0 Å². The fourth-order valence-electron chi connectivity index (χ4n) is 2.99. The van der Waals surface area contributed by atoms with E-state index < -0.39 is 0 Å². The number of aryl methyl sites for hydroxylation is 1. The van der Waals surface area contributed by atoms with Gasteiger partial charge < -0.3 is 9.71 Å². The van der Waals surface area contributed by atoms with Gasteiger partial charge in [-0.3, -0.25) is 0 Å². The molecule has 0 aliphatic heterocycles. The zero-order valence-electron chi connectivity index (χ0n) is 13.5. The van der Waals surface area contributed by atoms with E-state index in [9.17, 15) is 0 Å². The molecule has 0 unspecified atom stereocenters. The second-order valence-electron chi connectivity index (χ2n) is 6.23. The third-order valence-corrected chi connectivity index (χ3v) is 4.80. The summed E-state index contributed by atoms with van der Waals surface area (Å²) in [6, 6.07) is 15.3. The molecule has 0 bridgehead atoms. The lowest BCUT2D eigenvalue weighted by Gasteiger charge is -2.25. The highest BCUT2D eigenvalue weighted by Gasteiger charge is 2.26. The van der Waals surface area contributed by atoms with Crippen molar-refractivity contribution in [2.75, 3.05) is 11.0 Å². The summed E-state index contributed by atoms with van der Waals surface area (Å²) in [6.07, 6.45) is 4.19. The summed E-state index contributed by atoms with van der Waals surface area (Å²) in [6.45, 7) is 6.70. The predicted octanol–water partition coefficient (Wildman–Crippen LogP) is 5.49. The van der Waals surface area contributed by atoms with E-state index in [1.165, 1.54) is 27.6 Å². The van der Waals surface area contributed by atoms with Crippen LogP contribution in [0.5, 0.6) is 0 Å². The van der Waals surface area contributed by atoms with E-state index in [1.54, 1.807) is 11.9 Å². The molecular formula is C19H22N2S. The Labute approximate surface area is 136 Å². The fraction of sp³-hybridized carbons (Fsp3) is 0.263. The van der Waals surface area contributed by atoms with Crippen LogP contribution in [0.2, 0.25) is 0 Å². The van der Waals surface area contributed by atoms with Crippen LogP contribution in [0.25, 0.3) is 10.9 Å². The fourth-order valence-corrected chi connectivity index (χ4v) is 3.38. The Bertz CT molecular complexity index is 785. The average molecular weight is 310 g/mol. The van der Waals surface area contributed by atoms with Crippen LogP contribution in [0, 0.1) is 6.92 Å². The van der Waals surface area contributed by atoms with Gasteiger partial charge >= 0.3 is 0 Å². The molecule has 22 heavy (non-hydrogen) atoms. The van der Waals surface area contributed by atoms with Crippen molar-refractivity contribution in [1.82, 2.24) is 4.98 Å². The van der Waals surface area contributed by atoms with Gasteiger partial charge in [-0.15, -0.1) is 0 Å². The van der Waals surface area contributed by atoms with Gasteiger partial charge in [0.2, 0.25) is 0 Å². The Balaban J connectivity index is 2.13. The summed E-state index contributed by atoms with van der Waals surface area (Å²) < 4.78 is 3.35. The van der Waals surface area contributed by atoms with E-state index in [0.717, 1.165) is 5.69 Å². The molecule has 3 aromatic rings. The van der Waals surface area contributed by atoms with E-state index in [1.807, 2.05) is 6.26 Å². The Morgan fingerprint density at radius 2 is 1.77 bits per heavy atom. The molecule has 3 rings (SSSR count). The van der Waals surface area contributed by atoms with E-state index in [-0.39, 0.29) is 5.41 Å². The summed E-state index contributed by atoms with van der Waals surface area (Å²) in [5, 5.41) is 1.28. The molecule has 0 aliphatic carbocycles. The second-order valence-corrected chi connectivity index (χ2v) is 6.84. The van der Waals surface area contributed by atoms with E-state index in [0.29, 0.717) is 0 Å². The SMILES string of the molecule is CSNc1cccc2c(C(C)(C)c3ccc(C)cc3)c[nH]c12. The summed E-state index contributed by atoms with van der Waals surface area (Å²) in [5.74, 6) is 0. The third-order valence-electron chi connectivity index (χ3n) is 4.37. The number of hydrogen-bond donors (Lipinski definition) is 2. The monoisotopic (exact) mass is 310 g/mol. The third kappa shape index (κ3) is 2.50. The van der Waals surface area contributed by atoms with Gasteiger partial charge in [-0.1, -0.05) is 67.8 Å². The van der Waals surface area contributed by atoms with E-state index in [2.05, 4.69) is 79.1 Å². The number of para-hydroxylation sites is 1. The summed E-state index contributed by atoms with van der Waals surface area (Å²) in [5.41, 5.74) is 6.23. The van der Waals surface area contributed by atoms with Crippen molar-refractivity contribution in [3.8, 4) is 0 Å². The standard InChI is InChI=1S/C19H22N2S/c1-13-8-10-14(11-9-13)19(2,3)16-12-20-18-15(16)6-5-7-17(18)21-22-4/h5-12,20-21H,1-4H3. The molecule has 0 amide bonds. The Kier molecular flexibility index (Phi) is 3.92. The molecule has 0 atom stereocenters. The highest BCUT2D eigenvalue weighted by molar-refractivity contribution is 7.99. The maximum Gasteiger partial charge on any atom is 0.0701 e. The molecule has 2 aromatic carbocycles. The average Bonchev–Trinajstić information content (AvgIpc) is 2.94. The zero-order chi connectivity index (χ0) is 15.7. The highest BCUT2D eigenvalue weighted by atomic mass is 32.2. The molecular weight excluding hydrogens is 288 g/mol. The Morgan fingerprint density at radius 3 is 2.45 bits per heavy atom. The quantitative estimate of drug-likeness (QED) is 0.623. The normalized spacial score (nSPS) is 11.8. The minimum Gasteiger partial charge on any atom is -0.359 e. The zero-order valence-corrected chi connectivity index (χ0v) is 14.3. The van der Waals surface area contributed by atoms with Gasteiger partial charge in [-0.05, 0) is 24.1 Å². The molecule has 0 saturated heterocycles. The van der Waals surface area contributed by atoms with Gasteiger partial charge in [0, 0.05) is 23.3 Å². The maximum atomic E-state index is 3.45. The maximum absolute atomic E-state index is 3.45. The molecule has 2 nitrogen and oxygen atoms in total. The first kappa shape index (κ1) is 15.0. The number of fused-ring (bicyclic) bond motifs is 1. The number of nitrogens with one attached hydrogen (secondary N) is 2. The van der Waals surface area contributed by atoms with E-state index in [4.69, 9.17) is 0 Å². The first-order chi connectivity index (χ1) is 10.5. The molecule has 0 radical (unpaired) electrons. The van der Waals surface area contributed by atoms with Crippen LogP contribution in [0.3, 0.4) is 0 Å². The molecule has 0 aliphatic rings.